The maximum atomic E-state index is 10.9. The lowest BCUT2D eigenvalue weighted by Crippen LogP contribution is -2.11. The van der Waals surface area contributed by atoms with Crippen LogP contribution in [0.25, 0.3) is 11.0 Å². The fourth-order valence-electron chi connectivity index (χ4n) is 2.28. The van der Waals surface area contributed by atoms with Crippen LogP contribution in [0.3, 0.4) is 0 Å². The monoisotopic (exact) mass is 262 g/mol. The van der Waals surface area contributed by atoms with Gasteiger partial charge < -0.3 is 14.4 Å². The van der Waals surface area contributed by atoms with Crippen molar-refractivity contribution < 1.29 is 14.6 Å². The van der Waals surface area contributed by atoms with Crippen LogP contribution in [0.1, 0.15) is 23.7 Å². The van der Waals surface area contributed by atoms with Crippen molar-refractivity contribution in [2.45, 2.75) is 19.3 Å². The van der Waals surface area contributed by atoms with E-state index in [1.807, 2.05) is 36.7 Å². The highest BCUT2D eigenvalue weighted by Crippen LogP contribution is 2.24. The van der Waals surface area contributed by atoms with E-state index in [2.05, 4.69) is 4.98 Å². The first-order valence-corrected chi connectivity index (χ1v) is 6.16. The predicted molar refractivity (Wildman–Crippen MR) is 72.3 cm³/mol. The number of imidazole rings is 1. The number of methoxy groups -OCH3 is 1. The molecule has 1 heterocycles. The molecule has 1 unspecified atom stereocenters. The van der Waals surface area contributed by atoms with Gasteiger partial charge in [-0.2, -0.15) is 0 Å². The van der Waals surface area contributed by atoms with Crippen LogP contribution < -0.4 is 0 Å². The average Bonchev–Trinajstić information content (AvgIpc) is 2.63. The Bertz CT molecular complexity index is 604. The Hall–Kier alpha value is -1.88. The molecule has 0 aliphatic heterocycles. The lowest BCUT2D eigenvalue weighted by atomic mass is 9.96. The molecule has 0 aliphatic rings. The van der Waals surface area contributed by atoms with Crippen molar-refractivity contribution in [3.05, 3.63) is 29.6 Å². The highest BCUT2D eigenvalue weighted by atomic mass is 16.5. The van der Waals surface area contributed by atoms with E-state index in [-0.39, 0.29) is 12.3 Å². The van der Waals surface area contributed by atoms with Crippen LogP contribution in [0.15, 0.2) is 18.2 Å². The maximum absolute atomic E-state index is 10.9. The third kappa shape index (κ3) is 2.76. The minimum absolute atomic E-state index is 0.0607. The van der Waals surface area contributed by atoms with Gasteiger partial charge in [0.1, 0.15) is 5.82 Å². The Labute approximate surface area is 111 Å². The zero-order valence-electron chi connectivity index (χ0n) is 11.4. The van der Waals surface area contributed by atoms with Crippen LogP contribution in [0.4, 0.5) is 0 Å². The number of rotatable bonds is 5. The Balaban J connectivity index is 2.39. The molecule has 1 aromatic heterocycles. The molecule has 5 nitrogen and oxygen atoms in total. The summed E-state index contributed by atoms with van der Waals surface area (Å²) in [5.74, 6) is -0.0257. The summed E-state index contributed by atoms with van der Waals surface area (Å²) >= 11 is 0. The average molecular weight is 262 g/mol. The van der Waals surface area contributed by atoms with Crippen LogP contribution in [-0.2, 0) is 16.6 Å². The summed E-state index contributed by atoms with van der Waals surface area (Å²) in [6, 6.07) is 5.89. The first-order chi connectivity index (χ1) is 9.02. The van der Waals surface area contributed by atoms with Crippen molar-refractivity contribution in [1.29, 1.82) is 0 Å². The fraction of sp³-hybridized carbons (Fsp3) is 0.429. The van der Waals surface area contributed by atoms with E-state index >= 15 is 0 Å². The number of benzene rings is 1. The van der Waals surface area contributed by atoms with Crippen molar-refractivity contribution in [1.82, 2.24) is 9.55 Å². The van der Waals surface area contributed by atoms with Gasteiger partial charge >= 0.3 is 5.97 Å². The number of aromatic nitrogens is 2. The van der Waals surface area contributed by atoms with Gasteiger partial charge in [0.05, 0.1) is 24.1 Å². The second-order valence-corrected chi connectivity index (χ2v) is 4.72. The van der Waals surface area contributed by atoms with E-state index in [4.69, 9.17) is 9.84 Å². The summed E-state index contributed by atoms with van der Waals surface area (Å²) in [5, 5.41) is 8.96. The molecule has 1 aromatic carbocycles. The SMILES string of the molecule is COCC(CC(=O)O)c1ccc2c(c1)nc(C)n2C. The van der Waals surface area contributed by atoms with Gasteiger partial charge in [0, 0.05) is 20.1 Å². The van der Waals surface area contributed by atoms with Crippen molar-refractivity contribution in [2.24, 2.45) is 7.05 Å². The van der Waals surface area contributed by atoms with E-state index in [1.165, 1.54) is 0 Å². The summed E-state index contributed by atoms with van der Waals surface area (Å²) in [6.07, 6.45) is 0.0607. The van der Waals surface area contributed by atoms with Gasteiger partial charge in [-0.3, -0.25) is 4.79 Å². The van der Waals surface area contributed by atoms with Gasteiger partial charge in [-0.15, -0.1) is 0 Å². The number of hydrogen-bond acceptors (Lipinski definition) is 3. The molecule has 1 atom stereocenters. The number of hydrogen-bond donors (Lipinski definition) is 1. The highest BCUT2D eigenvalue weighted by Gasteiger charge is 2.17. The lowest BCUT2D eigenvalue weighted by molar-refractivity contribution is -0.137. The van der Waals surface area contributed by atoms with Gasteiger partial charge in [-0.1, -0.05) is 6.07 Å². The number of aliphatic carboxylic acids is 1. The van der Waals surface area contributed by atoms with E-state index < -0.39 is 5.97 Å². The van der Waals surface area contributed by atoms with Gasteiger partial charge in [0.2, 0.25) is 0 Å². The van der Waals surface area contributed by atoms with Crippen LogP contribution in [0.2, 0.25) is 0 Å². The standard InChI is InChI=1S/C14H18N2O3/c1-9-15-12-6-10(4-5-13(12)16(9)2)11(8-19-3)7-14(17)18/h4-6,11H,7-8H2,1-3H3,(H,17,18). The maximum Gasteiger partial charge on any atom is 0.304 e. The Morgan fingerprint density at radius 3 is 2.89 bits per heavy atom. The number of fused-ring (bicyclic) bond motifs is 1. The second-order valence-electron chi connectivity index (χ2n) is 4.72. The lowest BCUT2D eigenvalue weighted by Gasteiger charge is -2.14. The number of carboxylic acids is 1. The van der Waals surface area contributed by atoms with E-state index in [9.17, 15) is 4.79 Å². The van der Waals surface area contributed by atoms with Crippen molar-refractivity contribution in [3.8, 4) is 0 Å². The van der Waals surface area contributed by atoms with Gasteiger partial charge in [-0.25, -0.2) is 4.98 Å². The van der Waals surface area contributed by atoms with Gasteiger partial charge in [0.25, 0.3) is 0 Å². The van der Waals surface area contributed by atoms with Crippen LogP contribution in [-0.4, -0.2) is 34.3 Å². The molecule has 0 saturated heterocycles. The van der Waals surface area contributed by atoms with Crippen molar-refractivity contribution in [2.75, 3.05) is 13.7 Å². The predicted octanol–water partition coefficient (Wildman–Crippen LogP) is 2.09. The molecule has 19 heavy (non-hydrogen) atoms. The molecule has 2 aromatic rings. The fourth-order valence-corrected chi connectivity index (χ4v) is 2.28. The summed E-state index contributed by atoms with van der Waals surface area (Å²) in [7, 11) is 3.55. The minimum atomic E-state index is -0.820. The number of aryl methyl sites for hydroxylation is 2. The number of carbonyl (C=O) groups is 1. The number of ether oxygens (including phenoxy) is 1. The van der Waals surface area contributed by atoms with Crippen LogP contribution in [0, 0.1) is 6.92 Å². The topological polar surface area (TPSA) is 64.3 Å². The molecule has 0 amide bonds. The van der Waals surface area contributed by atoms with Crippen LogP contribution in [0.5, 0.6) is 0 Å². The molecule has 1 N–H and O–H groups in total. The highest BCUT2D eigenvalue weighted by molar-refractivity contribution is 5.77. The first-order valence-electron chi connectivity index (χ1n) is 6.16. The van der Waals surface area contributed by atoms with E-state index in [0.717, 1.165) is 22.4 Å². The van der Waals surface area contributed by atoms with Gasteiger partial charge in [-0.05, 0) is 24.6 Å². The number of nitrogens with zero attached hydrogens (tertiary/aromatic N) is 2. The van der Waals surface area contributed by atoms with Gasteiger partial charge in [0.15, 0.2) is 0 Å². The van der Waals surface area contributed by atoms with E-state index in [1.54, 1.807) is 7.11 Å². The normalized spacial score (nSPS) is 12.8. The van der Waals surface area contributed by atoms with Crippen molar-refractivity contribution >= 4 is 17.0 Å². The molecule has 0 radical (unpaired) electrons. The molecule has 0 spiro atoms. The molecule has 0 aliphatic carbocycles. The van der Waals surface area contributed by atoms with E-state index in [0.29, 0.717) is 6.61 Å². The minimum Gasteiger partial charge on any atom is -0.481 e. The number of carboxylic acid groups (broad SMARTS) is 1. The Morgan fingerprint density at radius 1 is 1.53 bits per heavy atom. The molecule has 102 valence electrons. The third-order valence-electron chi connectivity index (χ3n) is 3.39. The van der Waals surface area contributed by atoms with Crippen molar-refractivity contribution in [3.63, 3.8) is 0 Å². The summed E-state index contributed by atoms with van der Waals surface area (Å²) < 4.78 is 7.13. The zero-order chi connectivity index (χ0) is 14.0. The molecule has 0 bridgehead atoms. The molecular weight excluding hydrogens is 244 g/mol. The zero-order valence-corrected chi connectivity index (χ0v) is 11.4. The third-order valence-corrected chi connectivity index (χ3v) is 3.39. The quantitative estimate of drug-likeness (QED) is 0.896. The Morgan fingerprint density at radius 2 is 2.26 bits per heavy atom. The molecular formula is C14H18N2O3. The molecule has 0 saturated carbocycles. The summed E-state index contributed by atoms with van der Waals surface area (Å²) in [4.78, 5) is 15.4. The largest absolute Gasteiger partial charge is 0.481 e. The smallest absolute Gasteiger partial charge is 0.304 e. The molecule has 2 rings (SSSR count). The Kier molecular flexibility index (Phi) is 3.85. The second kappa shape index (κ2) is 5.40. The molecule has 5 heteroatoms. The summed E-state index contributed by atoms with van der Waals surface area (Å²) in [5.41, 5.74) is 2.89. The van der Waals surface area contributed by atoms with Crippen LogP contribution >= 0.6 is 0 Å². The summed E-state index contributed by atoms with van der Waals surface area (Å²) in [6.45, 7) is 2.34. The molecule has 0 fully saturated rings. The first kappa shape index (κ1) is 13.5.